The van der Waals surface area contributed by atoms with Crippen LogP contribution >= 0.6 is 0 Å². The van der Waals surface area contributed by atoms with Crippen LogP contribution in [0.5, 0.6) is 5.75 Å². The first-order chi connectivity index (χ1) is 9.19. The van der Waals surface area contributed by atoms with Crippen molar-refractivity contribution in [1.82, 2.24) is 9.62 Å². The zero-order valence-corrected chi connectivity index (χ0v) is 12.7. The molecule has 0 heterocycles. The lowest BCUT2D eigenvalue weighted by atomic mass is 10.3. The number of carbonyl (C=O) groups excluding carboxylic acids is 1. The van der Waals surface area contributed by atoms with Crippen molar-refractivity contribution in [2.75, 3.05) is 26.9 Å². The van der Waals surface area contributed by atoms with Crippen LogP contribution in [0, 0.1) is 0 Å². The van der Waals surface area contributed by atoms with Crippen molar-refractivity contribution in [2.24, 2.45) is 0 Å². The van der Waals surface area contributed by atoms with E-state index in [9.17, 15) is 13.2 Å². The summed E-state index contributed by atoms with van der Waals surface area (Å²) in [5.41, 5.74) is 5.76. The number of anilines is 1. The molecule has 1 amide bonds. The Morgan fingerprint density at radius 1 is 1.40 bits per heavy atom. The number of sulfonamides is 1. The lowest BCUT2D eigenvalue weighted by molar-refractivity contribution is -0.130. The molecule has 0 aliphatic carbocycles. The predicted octanol–water partition coefficient (Wildman–Crippen LogP) is 0.0324. The Hall–Kier alpha value is -1.80. The summed E-state index contributed by atoms with van der Waals surface area (Å²) in [4.78, 5) is 12.9. The highest BCUT2D eigenvalue weighted by Crippen LogP contribution is 2.23. The maximum absolute atomic E-state index is 12.2. The number of nitrogens with one attached hydrogen (secondary N) is 1. The minimum atomic E-state index is -3.87. The second-order valence-electron chi connectivity index (χ2n) is 4.48. The first-order valence-corrected chi connectivity index (χ1v) is 7.34. The van der Waals surface area contributed by atoms with E-state index in [1.165, 1.54) is 37.1 Å². The van der Waals surface area contributed by atoms with Crippen LogP contribution in [0.4, 0.5) is 5.69 Å². The number of nitrogens with two attached hydrogens (primary N) is 1. The van der Waals surface area contributed by atoms with E-state index in [2.05, 4.69) is 4.72 Å². The minimum absolute atomic E-state index is 0.0568. The molecule has 0 saturated carbocycles. The van der Waals surface area contributed by atoms with Crippen LogP contribution in [-0.4, -0.2) is 46.5 Å². The summed E-state index contributed by atoms with van der Waals surface area (Å²) in [6, 6.07) is 3.36. The molecular formula is C12H19N3O4S. The molecular weight excluding hydrogens is 282 g/mol. The number of hydrogen-bond acceptors (Lipinski definition) is 5. The molecule has 0 radical (unpaired) electrons. The highest BCUT2D eigenvalue weighted by Gasteiger charge is 2.24. The van der Waals surface area contributed by atoms with Crippen LogP contribution in [0.15, 0.2) is 23.1 Å². The maximum atomic E-state index is 12.2. The predicted molar refractivity (Wildman–Crippen MR) is 75.9 cm³/mol. The van der Waals surface area contributed by atoms with E-state index in [1.54, 1.807) is 14.1 Å². The fourth-order valence-corrected chi connectivity index (χ4v) is 2.94. The van der Waals surface area contributed by atoms with Crippen molar-refractivity contribution in [1.29, 1.82) is 0 Å². The van der Waals surface area contributed by atoms with Gasteiger partial charge in [-0.1, -0.05) is 0 Å². The molecule has 0 saturated heterocycles. The van der Waals surface area contributed by atoms with E-state index in [-0.39, 0.29) is 16.5 Å². The third kappa shape index (κ3) is 3.61. The molecule has 8 heteroatoms. The minimum Gasteiger partial charge on any atom is -0.497 e. The highest BCUT2D eigenvalue weighted by molar-refractivity contribution is 7.89. The average molecular weight is 301 g/mol. The van der Waals surface area contributed by atoms with Gasteiger partial charge in [0, 0.05) is 20.2 Å². The molecule has 7 nitrogen and oxygen atoms in total. The van der Waals surface area contributed by atoms with Crippen molar-refractivity contribution >= 4 is 21.6 Å². The van der Waals surface area contributed by atoms with Gasteiger partial charge >= 0.3 is 0 Å². The van der Waals surface area contributed by atoms with Crippen molar-refractivity contribution < 1.29 is 17.9 Å². The number of methoxy groups -OCH3 is 1. The number of benzene rings is 1. The third-order valence-electron chi connectivity index (χ3n) is 2.65. The summed E-state index contributed by atoms with van der Waals surface area (Å²) in [6.45, 7) is 1.47. The van der Waals surface area contributed by atoms with E-state index in [4.69, 9.17) is 10.5 Å². The highest BCUT2D eigenvalue weighted by atomic mass is 32.2. The van der Waals surface area contributed by atoms with Crippen molar-refractivity contribution in [3.05, 3.63) is 18.2 Å². The van der Waals surface area contributed by atoms with Crippen molar-refractivity contribution in [2.45, 2.75) is 17.9 Å². The van der Waals surface area contributed by atoms with Crippen LogP contribution in [-0.2, 0) is 14.8 Å². The fraction of sp³-hybridized carbons (Fsp3) is 0.417. The van der Waals surface area contributed by atoms with Crippen LogP contribution in [0.1, 0.15) is 6.92 Å². The summed E-state index contributed by atoms with van der Waals surface area (Å²) >= 11 is 0. The second kappa shape index (κ2) is 6.10. The molecule has 112 valence electrons. The molecule has 1 aromatic rings. The normalized spacial score (nSPS) is 12.8. The van der Waals surface area contributed by atoms with Gasteiger partial charge in [-0.15, -0.1) is 0 Å². The SMILES string of the molecule is COc1ccc(S(=O)(=O)NC(C)C(=O)N(C)C)c(N)c1. The molecule has 0 aromatic heterocycles. The Kier molecular flexibility index (Phi) is 4.96. The van der Waals surface area contributed by atoms with Gasteiger partial charge in [-0.25, -0.2) is 8.42 Å². The Morgan fingerprint density at radius 2 is 2.00 bits per heavy atom. The summed E-state index contributed by atoms with van der Waals surface area (Å²) < 4.78 is 31.6. The number of likely N-dealkylation sites (N-methyl/N-ethyl adjacent to an activating group) is 1. The number of hydrogen-bond donors (Lipinski definition) is 2. The summed E-state index contributed by atoms with van der Waals surface area (Å²) in [5, 5.41) is 0. The Balaban J connectivity index is 3.03. The molecule has 3 N–H and O–H groups in total. The second-order valence-corrected chi connectivity index (χ2v) is 6.16. The Bertz CT molecular complexity index is 599. The van der Waals surface area contributed by atoms with Crippen LogP contribution < -0.4 is 15.2 Å². The first kappa shape index (κ1) is 16.3. The zero-order valence-electron chi connectivity index (χ0n) is 11.9. The molecule has 20 heavy (non-hydrogen) atoms. The van der Waals surface area contributed by atoms with Gasteiger partial charge in [0.1, 0.15) is 10.6 Å². The topological polar surface area (TPSA) is 102 Å². The molecule has 0 aliphatic rings. The number of nitrogen functional groups attached to an aromatic ring is 1. The monoisotopic (exact) mass is 301 g/mol. The van der Waals surface area contributed by atoms with Gasteiger partial charge in [0.25, 0.3) is 0 Å². The molecule has 1 rings (SSSR count). The molecule has 1 atom stereocenters. The summed E-state index contributed by atoms with van der Waals surface area (Å²) in [5.74, 6) is 0.111. The standard InChI is InChI=1S/C12H19N3O4S/c1-8(12(16)15(2)3)14-20(17,18)11-6-5-9(19-4)7-10(11)13/h5-8,14H,13H2,1-4H3. The number of nitrogens with zero attached hydrogens (tertiary/aromatic N) is 1. The van der Waals surface area contributed by atoms with E-state index in [0.717, 1.165) is 0 Å². The summed E-state index contributed by atoms with van der Waals surface area (Å²) in [6.07, 6.45) is 0. The van der Waals surface area contributed by atoms with E-state index in [0.29, 0.717) is 5.75 Å². The van der Waals surface area contributed by atoms with Gasteiger partial charge in [-0.05, 0) is 19.1 Å². The van der Waals surface area contributed by atoms with Crippen molar-refractivity contribution in [3.8, 4) is 5.75 Å². The van der Waals surface area contributed by atoms with Gasteiger partial charge in [0.05, 0.1) is 18.8 Å². The first-order valence-electron chi connectivity index (χ1n) is 5.86. The van der Waals surface area contributed by atoms with E-state index in [1.807, 2.05) is 0 Å². The van der Waals surface area contributed by atoms with Crippen molar-refractivity contribution in [3.63, 3.8) is 0 Å². The smallest absolute Gasteiger partial charge is 0.243 e. The number of rotatable bonds is 5. The fourth-order valence-electron chi connectivity index (χ4n) is 1.63. The quantitative estimate of drug-likeness (QED) is 0.747. The number of ether oxygens (including phenoxy) is 1. The Morgan fingerprint density at radius 3 is 2.45 bits per heavy atom. The molecule has 0 fully saturated rings. The lowest BCUT2D eigenvalue weighted by Gasteiger charge is -2.18. The van der Waals surface area contributed by atoms with E-state index < -0.39 is 16.1 Å². The van der Waals surface area contributed by atoms with Crippen LogP contribution in [0.2, 0.25) is 0 Å². The summed E-state index contributed by atoms with van der Waals surface area (Å²) in [7, 11) is 0.687. The van der Waals surface area contributed by atoms with Gasteiger partial charge in [-0.3, -0.25) is 4.79 Å². The maximum Gasteiger partial charge on any atom is 0.243 e. The third-order valence-corrected chi connectivity index (χ3v) is 4.26. The molecule has 0 bridgehead atoms. The van der Waals surface area contributed by atoms with Gasteiger partial charge < -0.3 is 15.4 Å². The Labute approximate surface area is 118 Å². The van der Waals surface area contributed by atoms with Gasteiger partial charge in [0.2, 0.25) is 15.9 Å². The largest absolute Gasteiger partial charge is 0.497 e. The molecule has 0 aliphatic heterocycles. The van der Waals surface area contributed by atoms with Gasteiger partial charge in [-0.2, -0.15) is 4.72 Å². The number of amides is 1. The van der Waals surface area contributed by atoms with Crippen LogP contribution in [0.25, 0.3) is 0 Å². The molecule has 0 spiro atoms. The lowest BCUT2D eigenvalue weighted by Crippen LogP contribution is -2.44. The van der Waals surface area contributed by atoms with Crippen LogP contribution in [0.3, 0.4) is 0 Å². The zero-order chi connectivity index (χ0) is 15.5. The van der Waals surface area contributed by atoms with Gasteiger partial charge in [0.15, 0.2) is 0 Å². The average Bonchev–Trinajstić information content (AvgIpc) is 2.36. The number of carbonyl (C=O) groups is 1. The van der Waals surface area contributed by atoms with E-state index >= 15 is 0 Å². The molecule has 1 unspecified atom stereocenters. The molecule has 1 aromatic carbocycles.